The minimum Gasteiger partial charge on any atom is -0.220 e. The Bertz CT molecular complexity index is 683. The van der Waals surface area contributed by atoms with Gasteiger partial charge in [-0.3, -0.25) is 0 Å². The van der Waals surface area contributed by atoms with E-state index in [9.17, 15) is 0 Å². The first kappa shape index (κ1) is 10.0. The van der Waals surface area contributed by atoms with Gasteiger partial charge in [-0.25, -0.2) is 9.50 Å². The molecule has 0 unspecified atom stereocenters. The number of hydrogen-bond donors (Lipinski definition) is 0. The average molecular weight is 223 g/mol. The van der Waals surface area contributed by atoms with E-state index in [1.807, 2.05) is 23.7 Å². The maximum Gasteiger partial charge on any atom is 0.163 e. The number of pyridine rings is 1. The predicted molar refractivity (Wildman–Crippen MR) is 67.9 cm³/mol. The van der Waals surface area contributed by atoms with Crippen molar-refractivity contribution in [3.63, 3.8) is 0 Å². The molecule has 0 saturated carbocycles. The number of aryl methyl sites for hydroxylation is 2. The van der Waals surface area contributed by atoms with E-state index in [0.717, 1.165) is 17.0 Å². The lowest BCUT2D eigenvalue weighted by Crippen LogP contribution is -1.89. The van der Waals surface area contributed by atoms with E-state index in [2.05, 4.69) is 47.3 Å². The van der Waals surface area contributed by atoms with Gasteiger partial charge in [0, 0.05) is 11.8 Å². The van der Waals surface area contributed by atoms with Gasteiger partial charge in [0.2, 0.25) is 0 Å². The zero-order chi connectivity index (χ0) is 11.8. The van der Waals surface area contributed by atoms with Gasteiger partial charge in [-0.2, -0.15) is 5.10 Å². The molecule has 0 aliphatic heterocycles. The van der Waals surface area contributed by atoms with E-state index in [-0.39, 0.29) is 0 Å². The highest BCUT2D eigenvalue weighted by atomic mass is 15.3. The van der Waals surface area contributed by atoms with E-state index in [1.54, 1.807) is 0 Å². The molecule has 2 aromatic heterocycles. The molecule has 2 heterocycles. The summed E-state index contributed by atoms with van der Waals surface area (Å²) in [5, 5.41) is 4.33. The molecule has 3 nitrogen and oxygen atoms in total. The summed E-state index contributed by atoms with van der Waals surface area (Å²) in [5.74, 6) is 0.796. The van der Waals surface area contributed by atoms with Crippen molar-refractivity contribution in [2.24, 2.45) is 0 Å². The maximum atomic E-state index is 4.47. The second kappa shape index (κ2) is 3.70. The average Bonchev–Trinajstić information content (AvgIpc) is 2.68. The first-order chi connectivity index (χ1) is 8.24. The van der Waals surface area contributed by atoms with Crippen LogP contribution in [-0.2, 0) is 0 Å². The van der Waals surface area contributed by atoms with E-state index >= 15 is 0 Å². The second-order valence-electron chi connectivity index (χ2n) is 4.22. The predicted octanol–water partition coefficient (Wildman–Crippen LogP) is 3.01. The van der Waals surface area contributed by atoms with Gasteiger partial charge in [0.15, 0.2) is 5.65 Å². The molecule has 0 fully saturated rings. The summed E-state index contributed by atoms with van der Waals surface area (Å²) in [7, 11) is 0. The van der Waals surface area contributed by atoms with Gasteiger partial charge in [-0.15, -0.1) is 0 Å². The van der Waals surface area contributed by atoms with Crippen molar-refractivity contribution in [2.75, 3.05) is 0 Å². The van der Waals surface area contributed by atoms with Crippen molar-refractivity contribution in [1.29, 1.82) is 0 Å². The molecule has 0 N–H and O–H groups in total. The lowest BCUT2D eigenvalue weighted by molar-refractivity contribution is 0.931. The summed E-state index contributed by atoms with van der Waals surface area (Å²) < 4.78 is 1.83. The van der Waals surface area contributed by atoms with Crippen LogP contribution in [0.25, 0.3) is 16.8 Å². The molecule has 3 aromatic rings. The van der Waals surface area contributed by atoms with Crippen LogP contribution in [0.3, 0.4) is 0 Å². The van der Waals surface area contributed by atoms with Crippen LogP contribution in [0.2, 0.25) is 0 Å². The molecular formula is C14H13N3. The molecule has 84 valence electrons. The van der Waals surface area contributed by atoms with E-state index in [4.69, 9.17) is 0 Å². The van der Waals surface area contributed by atoms with Crippen molar-refractivity contribution in [3.05, 3.63) is 54.0 Å². The fourth-order valence-electron chi connectivity index (χ4n) is 2.05. The molecule has 0 saturated heterocycles. The fraction of sp³-hybridized carbons (Fsp3) is 0.143. The van der Waals surface area contributed by atoms with Crippen LogP contribution in [0.1, 0.15) is 11.4 Å². The lowest BCUT2D eigenvalue weighted by atomic mass is 10.1. The van der Waals surface area contributed by atoms with E-state index < -0.39 is 0 Å². The summed E-state index contributed by atoms with van der Waals surface area (Å²) in [4.78, 5) is 4.47. The lowest BCUT2D eigenvalue weighted by Gasteiger charge is -2.03. The summed E-state index contributed by atoms with van der Waals surface area (Å²) >= 11 is 0. The van der Waals surface area contributed by atoms with Crippen molar-refractivity contribution in [1.82, 2.24) is 14.6 Å². The Morgan fingerprint density at radius 3 is 2.76 bits per heavy atom. The minimum absolute atomic E-state index is 0.796. The third-order valence-corrected chi connectivity index (χ3v) is 2.80. The molecule has 0 bridgehead atoms. The van der Waals surface area contributed by atoms with Gasteiger partial charge in [0.1, 0.15) is 5.82 Å². The highest BCUT2D eigenvalue weighted by Gasteiger charge is 2.07. The summed E-state index contributed by atoms with van der Waals surface area (Å²) in [6.07, 6.45) is 1.93. The van der Waals surface area contributed by atoms with Crippen LogP contribution in [-0.4, -0.2) is 14.6 Å². The number of hydrogen-bond acceptors (Lipinski definition) is 2. The Hall–Kier alpha value is -2.16. The Balaban J connectivity index is 2.30. The van der Waals surface area contributed by atoms with E-state index in [0.29, 0.717) is 0 Å². The van der Waals surface area contributed by atoms with Crippen LogP contribution in [0.5, 0.6) is 0 Å². The van der Waals surface area contributed by atoms with Crippen LogP contribution in [0.15, 0.2) is 42.6 Å². The molecule has 0 atom stereocenters. The SMILES string of the molecule is Cc1cccc(-c2cccn3nc(C)nc23)c1. The zero-order valence-corrected chi connectivity index (χ0v) is 9.88. The van der Waals surface area contributed by atoms with Gasteiger partial charge in [-0.1, -0.05) is 29.8 Å². The quantitative estimate of drug-likeness (QED) is 0.634. The third-order valence-electron chi connectivity index (χ3n) is 2.80. The van der Waals surface area contributed by atoms with Crippen LogP contribution in [0.4, 0.5) is 0 Å². The standard InChI is InChI=1S/C14H13N3/c1-10-5-3-6-12(9-10)13-7-4-8-17-14(13)15-11(2)16-17/h3-9H,1-2H3. The number of rotatable bonds is 1. The largest absolute Gasteiger partial charge is 0.220 e. The first-order valence-electron chi connectivity index (χ1n) is 5.63. The normalized spacial score (nSPS) is 10.9. The van der Waals surface area contributed by atoms with Crippen molar-refractivity contribution in [2.45, 2.75) is 13.8 Å². The first-order valence-corrected chi connectivity index (χ1v) is 5.63. The Labute approximate surface area is 99.7 Å². The van der Waals surface area contributed by atoms with Crippen LogP contribution in [0, 0.1) is 13.8 Å². The zero-order valence-electron chi connectivity index (χ0n) is 9.88. The molecule has 0 spiro atoms. The van der Waals surface area contributed by atoms with Gasteiger partial charge in [-0.05, 0) is 31.5 Å². The highest BCUT2D eigenvalue weighted by molar-refractivity contribution is 5.77. The van der Waals surface area contributed by atoms with Crippen molar-refractivity contribution in [3.8, 4) is 11.1 Å². The monoisotopic (exact) mass is 223 g/mol. The van der Waals surface area contributed by atoms with E-state index in [1.165, 1.54) is 11.1 Å². The van der Waals surface area contributed by atoms with Gasteiger partial charge in [0.05, 0.1) is 0 Å². The summed E-state index contributed by atoms with van der Waals surface area (Å²) in [6, 6.07) is 12.5. The van der Waals surface area contributed by atoms with Gasteiger partial charge < -0.3 is 0 Å². The smallest absolute Gasteiger partial charge is 0.163 e. The fourth-order valence-corrected chi connectivity index (χ4v) is 2.05. The van der Waals surface area contributed by atoms with Crippen molar-refractivity contribution < 1.29 is 0 Å². The number of benzene rings is 1. The molecule has 0 radical (unpaired) electrons. The molecule has 3 rings (SSSR count). The Morgan fingerprint density at radius 1 is 1.06 bits per heavy atom. The maximum absolute atomic E-state index is 4.47. The van der Waals surface area contributed by atoms with Gasteiger partial charge in [0.25, 0.3) is 0 Å². The topological polar surface area (TPSA) is 30.2 Å². The number of nitrogens with zero attached hydrogens (tertiary/aromatic N) is 3. The molecule has 1 aromatic carbocycles. The molecule has 17 heavy (non-hydrogen) atoms. The highest BCUT2D eigenvalue weighted by Crippen LogP contribution is 2.23. The van der Waals surface area contributed by atoms with Crippen LogP contribution >= 0.6 is 0 Å². The van der Waals surface area contributed by atoms with Crippen LogP contribution < -0.4 is 0 Å². The molecule has 0 aliphatic rings. The second-order valence-corrected chi connectivity index (χ2v) is 4.22. The molecule has 3 heteroatoms. The summed E-state index contributed by atoms with van der Waals surface area (Å²) in [5.41, 5.74) is 4.47. The molecule has 0 amide bonds. The summed E-state index contributed by atoms with van der Waals surface area (Å²) in [6.45, 7) is 4.01. The minimum atomic E-state index is 0.796. The molecule has 0 aliphatic carbocycles. The Kier molecular flexibility index (Phi) is 2.18. The molecular weight excluding hydrogens is 210 g/mol. The number of aromatic nitrogens is 3. The van der Waals surface area contributed by atoms with Gasteiger partial charge >= 0.3 is 0 Å². The number of fused-ring (bicyclic) bond motifs is 1. The van der Waals surface area contributed by atoms with Crippen molar-refractivity contribution >= 4 is 5.65 Å². The Morgan fingerprint density at radius 2 is 1.94 bits per heavy atom. The third kappa shape index (κ3) is 1.69.